The Hall–Kier alpha value is -2.87. The summed E-state index contributed by atoms with van der Waals surface area (Å²) >= 11 is 0. The molecule has 2 aliphatic rings. The highest BCUT2D eigenvalue weighted by Gasteiger charge is 2.45. The molecule has 8 nitrogen and oxygen atoms in total. The first-order valence-corrected chi connectivity index (χ1v) is 9.46. The van der Waals surface area contributed by atoms with Crippen LogP contribution in [0.15, 0.2) is 36.7 Å². The summed E-state index contributed by atoms with van der Waals surface area (Å²) in [5.41, 5.74) is 1.65. The molecule has 8 heteroatoms. The Bertz CT molecular complexity index is 878. The van der Waals surface area contributed by atoms with Crippen molar-refractivity contribution >= 4 is 11.9 Å². The molecule has 2 fully saturated rings. The summed E-state index contributed by atoms with van der Waals surface area (Å²) in [6.07, 6.45) is 4.45. The number of likely N-dealkylation sites (tertiary alicyclic amines) is 1. The van der Waals surface area contributed by atoms with E-state index in [-0.39, 0.29) is 18.5 Å². The van der Waals surface area contributed by atoms with Crippen molar-refractivity contribution < 1.29 is 14.3 Å². The molecule has 1 spiro atoms. The lowest BCUT2D eigenvalue weighted by Gasteiger charge is -2.38. The first kappa shape index (κ1) is 18.5. The van der Waals surface area contributed by atoms with E-state index in [1.54, 1.807) is 23.0 Å². The number of imidazole rings is 1. The van der Waals surface area contributed by atoms with Crippen LogP contribution < -0.4 is 5.32 Å². The number of nitrogens with zero attached hydrogens (tertiary/aromatic N) is 4. The Labute approximate surface area is 164 Å². The quantitative estimate of drug-likeness (QED) is 0.867. The van der Waals surface area contributed by atoms with E-state index < -0.39 is 5.60 Å². The number of morpholine rings is 1. The third kappa shape index (κ3) is 3.60. The predicted octanol–water partition coefficient (Wildman–Crippen LogP) is 1.32. The minimum absolute atomic E-state index is 0.0112. The molecule has 2 aliphatic heterocycles. The third-order valence-electron chi connectivity index (χ3n) is 5.54. The lowest BCUT2D eigenvalue weighted by molar-refractivity contribution is -0.158. The average Bonchev–Trinajstić information content (AvgIpc) is 3.30. The molecule has 1 aromatic heterocycles. The van der Waals surface area contributed by atoms with Crippen molar-refractivity contribution in [1.29, 1.82) is 0 Å². The second-order valence-electron chi connectivity index (χ2n) is 7.56. The molecule has 2 saturated heterocycles. The molecule has 28 heavy (non-hydrogen) atoms. The van der Waals surface area contributed by atoms with E-state index in [1.165, 1.54) is 0 Å². The zero-order chi connectivity index (χ0) is 19.7. The number of hydrogen-bond donors (Lipinski definition) is 1. The largest absolute Gasteiger partial charge is 0.361 e. The second-order valence-corrected chi connectivity index (χ2v) is 7.56. The van der Waals surface area contributed by atoms with Crippen LogP contribution in [0.1, 0.15) is 17.8 Å². The highest BCUT2D eigenvalue weighted by Crippen LogP contribution is 2.29. The number of ether oxygens (including phenoxy) is 1. The van der Waals surface area contributed by atoms with Gasteiger partial charge < -0.3 is 24.4 Å². The van der Waals surface area contributed by atoms with Gasteiger partial charge in [-0.05, 0) is 31.0 Å². The first-order valence-electron chi connectivity index (χ1n) is 9.46. The Balaban J connectivity index is 1.31. The van der Waals surface area contributed by atoms with Gasteiger partial charge >= 0.3 is 6.03 Å². The monoisotopic (exact) mass is 383 g/mol. The zero-order valence-electron chi connectivity index (χ0n) is 16.2. The van der Waals surface area contributed by atoms with E-state index in [1.807, 2.05) is 42.0 Å². The molecule has 0 bridgehead atoms. The number of aromatic nitrogens is 2. The van der Waals surface area contributed by atoms with Gasteiger partial charge in [0.2, 0.25) is 5.91 Å². The molecule has 1 N–H and O–H groups in total. The van der Waals surface area contributed by atoms with Crippen LogP contribution in [0.25, 0.3) is 5.69 Å². The Morgan fingerprint density at radius 2 is 2.07 bits per heavy atom. The molecule has 2 aromatic rings. The van der Waals surface area contributed by atoms with Crippen molar-refractivity contribution in [2.24, 2.45) is 0 Å². The Kier molecular flexibility index (Phi) is 4.80. The van der Waals surface area contributed by atoms with E-state index in [9.17, 15) is 9.59 Å². The number of aryl methyl sites for hydroxylation is 1. The summed E-state index contributed by atoms with van der Waals surface area (Å²) in [5.74, 6) is 0.921. The average molecular weight is 383 g/mol. The van der Waals surface area contributed by atoms with E-state index in [0.29, 0.717) is 26.2 Å². The maximum absolute atomic E-state index is 12.6. The predicted molar refractivity (Wildman–Crippen MR) is 103 cm³/mol. The summed E-state index contributed by atoms with van der Waals surface area (Å²) in [6, 6.07) is 7.94. The Morgan fingerprint density at radius 3 is 2.75 bits per heavy atom. The fraction of sp³-hybridized carbons (Fsp3) is 0.450. The van der Waals surface area contributed by atoms with Crippen LogP contribution >= 0.6 is 0 Å². The normalized spacial score (nSPS) is 22.1. The summed E-state index contributed by atoms with van der Waals surface area (Å²) in [5, 5.41) is 2.98. The molecule has 3 amide bonds. The van der Waals surface area contributed by atoms with Gasteiger partial charge in [0.25, 0.3) is 0 Å². The molecule has 1 aromatic carbocycles. The van der Waals surface area contributed by atoms with E-state index >= 15 is 0 Å². The molecule has 0 saturated carbocycles. The number of urea groups is 1. The fourth-order valence-corrected chi connectivity index (χ4v) is 3.87. The number of hydrogen-bond acceptors (Lipinski definition) is 4. The highest BCUT2D eigenvalue weighted by atomic mass is 16.5. The second kappa shape index (κ2) is 7.27. The van der Waals surface area contributed by atoms with Gasteiger partial charge in [0.1, 0.15) is 18.0 Å². The molecule has 4 rings (SSSR count). The number of carbonyl (C=O) groups excluding carboxylic acids is 2. The first-order chi connectivity index (χ1) is 13.5. The topological polar surface area (TPSA) is 79.7 Å². The van der Waals surface area contributed by atoms with Crippen molar-refractivity contribution in [3.05, 3.63) is 48.0 Å². The van der Waals surface area contributed by atoms with Crippen molar-refractivity contribution in [2.75, 3.05) is 33.3 Å². The third-order valence-corrected chi connectivity index (χ3v) is 5.54. The van der Waals surface area contributed by atoms with Crippen LogP contribution in [-0.4, -0.2) is 70.2 Å². The van der Waals surface area contributed by atoms with Crippen LogP contribution in [0.3, 0.4) is 0 Å². The molecule has 148 valence electrons. The lowest BCUT2D eigenvalue weighted by atomic mass is 10.0. The molecular weight excluding hydrogens is 358 g/mol. The van der Waals surface area contributed by atoms with E-state index in [4.69, 9.17) is 4.74 Å². The molecule has 0 radical (unpaired) electrons. The minimum atomic E-state index is -0.426. The minimum Gasteiger partial charge on any atom is -0.361 e. The lowest BCUT2D eigenvalue weighted by Crippen LogP contribution is -2.55. The van der Waals surface area contributed by atoms with Gasteiger partial charge in [0.15, 0.2) is 0 Å². The molecule has 1 unspecified atom stereocenters. The summed E-state index contributed by atoms with van der Waals surface area (Å²) in [6.45, 7) is 4.19. The Morgan fingerprint density at radius 1 is 1.29 bits per heavy atom. The number of likely N-dealkylation sites (N-methyl/N-ethyl adjacent to an activating group) is 1. The highest BCUT2D eigenvalue weighted by molar-refractivity contribution is 5.78. The van der Waals surface area contributed by atoms with Crippen LogP contribution in [-0.2, 0) is 16.1 Å². The van der Waals surface area contributed by atoms with E-state index in [0.717, 1.165) is 23.5 Å². The van der Waals surface area contributed by atoms with Crippen LogP contribution in [0.2, 0.25) is 0 Å². The standard InChI is InChI=1S/C20H25N5O3/c1-15-21-8-10-25(15)17-5-3-16(4-6-17)11-22-19(27)24-9-7-20(14-24)13-23(2)18(26)12-28-20/h3-6,8,10H,7,9,11-14H2,1-2H3,(H,22,27). The number of rotatable bonds is 3. The van der Waals surface area contributed by atoms with Gasteiger partial charge in [0.05, 0.1) is 13.1 Å². The van der Waals surface area contributed by atoms with Gasteiger partial charge in [-0.2, -0.15) is 0 Å². The van der Waals surface area contributed by atoms with Crippen molar-refractivity contribution in [2.45, 2.75) is 25.5 Å². The smallest absolute Gasteiger partial charge is 0.317 e. The van der Waals surface area contributed by atoms with Crippen molar-refractivity contribution in [1.82, 2.24) is 24.7 Å². The molecular formula is C20H25N5O3. The van der Waals surface area contributed by atoms with Gasteiger partial charge in [-0.15, -0.1) is 0 Å². The van der Waals surface area contributed by atoms with Crippen LogP contribution in [0.5, 0.6) is 0 Å². The number of benzene rings is 1. The number of amides is 3. The van der Waals surface area contributed by atoms with Crippen molar-refractivity contribution in [3.63, 3.8) is 0 Å². The maximum Gasteiger partial charge on any atom is 0.317 e. The van der Waals surface area contributed by atoms with Crippen molar-refractivity contribution in [3.8, 4) is 5.69 Å². The van der Waals surface area contributed by atoms with Gasteiger partial charge in [-0.1, -0.05) is 12.1 Å². The van der Waals surface area contributed by atoms with Crippen LogP contribution in [0, 0.1) is 6.92 Å². The number of carbonyl (C=O) groups is 2. The van der Waals surface area contributed by atoms with Crippen LogP contribution in [0.4, 0.5) is 4.79 Å². The molecule has 0 aliphatic carbocycles. The summed E-state index contributed by atoms with van der Waals surface area (Å²) < 4.78 is 7.80. The van der Waals surface area contributed by atoms with Gasteiger partial charge in [-0.25, -0.2) is 9.78 Å². The zero-order valence-corrected chi connectivity index (χ0v) is 16.2. The molecule has 3 heterocycles. The fourth-order valence-electron chi connectivity index (χ4n) is 3.87. The van der Waals surface area contributed by atoms with Gasteiger partial charge in [-0.3, -0.25) is 4.79 Å². The number of nitrogens with one attached hydrogen (secondary N) is 1. The summed E-state index contributed by atoms with van der Waals surface area (Å²) in [4.78, 5) is 31.9. The maximum atomic E-state index is 12.6. The van der Waals surface area contributed by atoms with Gasteiger partial charge in [0, 0.05) is 38.2 Å². The van der Waals surface area contributed by atoms with E-state index in [2.05, 4.69) is 10.3 Å². The molecule has 1 atom stereocenters. The SMILES string of the molecule is Cc1nccn1-c1ccc(CNC(=O)N2CCC3(CN(C)C(=O)CO3)C2)cc1. The summed E-state index contributed by atoms with van der Waals surface area (Å²) in [7, 11) is 1.78.